The molecule has 2 aromatic carbocycles. The second kappa shape index (κ2) is 8.88. The van der Waals surface area contributed by atoms with Gasteiger partial charge < -0.3 is 10.6 Å². The normalized spacial score (nSPS) is 10.8. The monoisotopic (exact) mass is 435 g/mol. The van der Waals surface area contributed by atoms with Crippen LogP contribution in [0.1, 0.15) is 21.5 Å². The minimum atomic E-state index is -0.161. The van der Waals surface area contributed by atoms with Crippen molar-refractivity contribution < 1.29 is 4.79 Å². The highest BCUT2D eigenvalue weighted by Gasteiger charge is 2.13. The molecule has 0 bridgehead atoms. The molecule has 0 saturated heterocycles. The molecule has 2 N–H and O–H groups in total. The van der Waals surface area contributed by atoms with Crippen molar-refractivity contribution in [2.24, 2.45) is 0 Å². The van der Waals surface area contributed by atoms with Crippen LogP contribution >= 0.6 is 0 Å². The van der Waals surface area contributed by atoms with Crippen molar-refractivity contribution in [3.05, 3.63) is 102 Å². The quantitative estimate of drug-likeness (QED) is 0.415. The molecule has 8 nitrogen and oxygen atoms in total. The lowest BCUT2D eigenvalue weighted by Gasteiger charge is -2.12. The van der Waals surface area contributed by atoms with Crippen molar-refractivity contribution in [3.63, 3.8) is 0 Å². The fraction of sp³-hybridized carbons (Fsp3) is 0.0800. The molecule has 5 rings (SSSR count). The molecule has 0 saturated carbocycles. The van der Waals surface area contributed by atoms with Crippen molar-refractivity contribution in [1.29, 1.82) is 0 Å². The Morgan fingerprint density at radius 1 is 1.00 bits per heavy atom. The van der Waals surface area contributed by atoms with Gasteiger partial charge in [0.1, 0.15) is 12.1 Å². The minimum absolute atomic E-state index is 0.161. The number of aryl methyl sites for hydroxylation is 1. The fourth-order valence-electron chi connectivity index (χ4n) is 3.51. The van der Waals surface area contributed by atoms with Crippen LogP contribution in [0.4, 0.5) is 11.5 Å². The van der Waals surface area contributed by atoms with E-state index in [2.05, 4.69) is 30.7 Å². The summed E-state index contributed by atoms with van der Waals surface area (Å²) in [4.78, 5) is 25.6. The van der Waals surface area contributed by atoms with Crippen LogP contribution < -0.4 is 10.6 Å². The summed E-state index contributed by atoms with van der Waals surface area (Å²) in [6.07, 6.45) is 6.69. The summed E-state index contributed by atoms with van der Waals surface area (Å²) < 4.78 is 1.78. The molecule has 3 aromatic heterocycles. The van der Waals surface area contributed by atoms with Crippen LogP contribution in [0.5, 0.6) is 0 Å². The first-order valence-corrected chi connectivity index (χ1v) is 10.5. The van der Waals surface area contributed by atoms with E-state index in [-0.39, 0.29) is 5.91 Å². The Morgan fingerprint density at radius 3 is 2.70 bits per heavy atom. The summed E-state index contributed by atoms with van der Waals surface area (Å²) in [6, 6.07) is 19.1. The van der Waals surface area contributed by atoms with Gasteiger partial charge in [-0.25, -0.2) is 14.6 Å². The smallest absolute Gasteiger partial charge is 0.251 e. The number of hydrogen-bond donors (Lipinski definition) is 2. The molecular formula is C25H21N7O. The number of pyridine rings is 1. The van der Waals surface area contributed by atoms with Crippen molar-refractivity contribution >= 4 is 28.4 Å². The van der Waals surface area contributed by atoms with Crippen molar-refractivity contribution in [3.8, 4) is 5.69 Å². The maximum atomic E-state index is 12.7. The second-order valence-electron chi connectivity index (χ2n) is 7.55. The SMILES string of the molecule is Cc1ccc(C(=O)NCc2cccnc2)cc1Nc1ncnc2c1cnn2-c1ccccc1. The number of nitrogens with one attached hydrogen (secondary N) is 2. The Balaban J connectivity index is 1.40. The standard InChI is InChI=1S/C25H21N7O/c1-17-9-10-19(25(33)27-14-18-6-5-11-26-13-18)12-22(17)31-23-21-15-30-32(24(21)29-16-28-23)20-7-3-2-4-8-20/h2-13,15-16H,14H2,1H3,(H,27,33)(H,28,29,31). The molecule has 0 radical (unpaired) electrons. The fourth-order valence-corrected chi connectivity index (χ4v) is 3.51. The number of fused-ring (bicyclic) bond motifs is 1. The molecule has 0 spiro atoms. The number of aromatic nitrogens is 5. The molecule has 0 aliphatic heterocycles. The van der Waals surface area contributed by atoms with E-state index in [0.717, 1.165) is 27.9 Å². The van der Waals surface area contributed by atoms with Gasteiger partial charge in [-0.1, -0.05) is 30.3 Å². The van der Waals surface area contributed by atoms with Gasteiger partial charge in [-0.15, -0.1) is 0 Å². The largest absolute Gasteiger partial charge is 0.348 e. The molecule has 3 heterocycles. The molecule has 0 aliphatic rings. The lowest BCUT2D eigenvalue weighted by atomic mass is 10.1. The van der Waals surface area contributed by atoms with E-state index in [1.165, 1.54) is 6.33 Å². The van der Waals surface area contributed by atoms with Gasteiger partial charge in [-0.05, 0) is 48.4 Å². The second-order valence-corrected chi connectivity index (χ2v) is 7.55. The van der Waals surface area contributed by atoms with Crippen LogP contribution in [0.2, 0.25) is 0 Å². The van der Waals surface area contributed by atoms with Crippen LogP contribution in [0.25, 0.3) is 16.7 Å². The van der Waals surface area contributed by atoms with Crippen molar-refractivity contribution in [1.82, 2.24) is 30.0 Å². The Hall–Kier alpha value is -4.59. The van der Waals surface area contributed by atoms with E-state index in [1.807, 2.05) is 67.6 Å². The predicted octanol–water partition coefficient (Wildman–Crippen LogP) is 4.19. The average Bonchev–Trinajstić information content (AvgIpc) is 3.30. The number of carbonyl (C=O) groups is 1. The Kier molecular flexibility index (Phi) is 5.47. The lowest BCUT2D eigenvalue weighted by molar-refractivity contribution is 0.0951. The van der Waals surface area contributed by atoms with E-state index in [4.69, 9.17) is 0 Å². The number of anilines is 2. The molecule has 33 heavy (non-hydrogen) atoms. The van der Waals surface area contributed by atoms with Gasteiger partial charge in [-0.3, -0.25) is 9.78 Å². The van der Waals surface area contributed by atoms with E-state index < -0.39 is 0 Å². The number of amides is 1. The Morgan fingerprint density at radius 2 is 1.88 bits per heavy atom. The van der Waals surface area contributed by atoms with Gasteiger partial charge in [0.15, 0.2) is 5.65 Å². The summed E-state index contributed by atoms with van der Waals surface area (Å²) in [5, 5.41) is 11.6. The number of para-hydroxylation sites is 1. The molecule has 0 aliphatic carbocycles. The zero-order valence-corrected chi connectivity index (χ0v) is 17.9. The van der Waals surface area contributed by atoms with Gasteiger partial charge in [0.2, 0.25) is 0 Å². The molecule has 1 amide bonds. The molecule has 8 heteroatoms. The topological polar surface area (TPSA) is 97.6 Å². The molecular weight excluding hydrogens is 414 g/mol. The highest BCUT2D eigenvalue weighted by molar-refractivity contribution is 5.96. The summed E-state index contributed by atoms with van der Waals surface area (Å²) in [5.41, 5.74) is 4.88. The van der Waals surface area contributed by atoms with Gasteiger partial charge >= 0.3 is 0 Å². The molecule has 5 aromatic rings. The Bertz CT molecular complexity index is 1420. The summed E-state index contributed by atoms with van der Waals surface area (Å²) in [6.45, 7) is 2.39. The molecule has 0 atom stereocenters. The maximum absolute atomic E-state index is 12.7. The third-order valence-electron chi connectivity index (χ3n) is 5.30. The number of hydrogen-bond acceptors (Lipinski definition) is 6. The minimum Gasteiger partial charge on any atom is -0.348 e. The molecule has 0 unspecified atom stereocenters. The average molecular weight is 435 g/mol. The van der Waals surface area contributed by atoms with Crippen LogP contribution in [0.15, 0.2) is 85.6 Å². The van der Waals surface area contributed by atoms with Crippen molar-refractivity contribution in [2.75, 3.05) is 5.32 Å². The number of carbonyl (C=O) groups excluding carboxylic acids is 1. The van der Waals surface area contributed by atoms with Gasteiger partial charge in [0.05, 0.1) is 17.3 Å². The molecule has 0 fully saturated rings. The summed E-state index contributed by atoms with van der Waals surface area (Å²) >= 11 is 0. The zero-order valence-electron chi connectivity index (χ0n) is 17.9. The van der Waals surface area contributed by atoms with E-state index in [0.29, 0.717) is 23.6 Å². The zero-order chi connectivity index (χ0) is 22.6. The Labute approximate surface area is 190 Å². The number of benzene rings is 2. The first-order chi connectivity index (χ1) is 16.2. The van der Waals surface area contributed by atoms with Gasteiger partial charge in [-0.2, -0.15) is 5.10 Å². The highest BCUT2D eigenvalue weighted by Crippen LogP contribution is 2.27. The predicted molar refractivity (Wildman–Crippen MR) is 127 cm³/mol. The lowest BCUT2D eigenvalue weighted by Crippen LogP contribution is -2.23. The third kappa shape index (κ3) is 4.27. The van der Waals surface area contributed by atoms with Gasteiger partial charge in [0.25, 0.3) is 5.91 Å². The summed E-state index contributed by atoms with van der Waals surface area (Å²) in [5.74, 6) is 0.463. The van der Waals surface area contributed by atoms with E-state index in [9.17, 15) is 4.79 Å². The first-order valence-electron chi connectivity index (χ1n) is 10.5. The number of nitrogens with zero attached hydrogens (tertiary/aromatic N) is 5. The van der Waals surface area contributed by atoms with E-state index in [1.54, 1.807) is 23.3 Å². The molecule has 162 valence electrons. The van der Waals surface area contributed by atoms with Crippen LogP contribution in [-0.4, -0.2) is 30.6 Å². The van der Waals surface area contributed by atoms with Gasteiger partial charge in [0, 0.05) is 30.2 Å². The number of rotatable bonds is 6. The highest BCUT2D eigenvalue weighted by atomic mass is 16.1. The van der Waals surface area contributed by atoms with Crippen LogP contribution in [0, 0.1) is 6.92 Å². The maximum Gasteiger partial charge on any atom is 0.251 e. The third-order valence-corrected chi connectivity index (χ3v) is 5.30. The van der Waals surface area contributed by atoms with Crippen LogP contribution in [0.3, 0.4) is 0 Å². The summed E-state index contributed by atoms with van der Waals surface area (Å²) in [7, 11) is 0. The van der Waals surface area contributed by atoms with Crippen molar-refractivity contribution in [2.45, 2.75) is 13.5 Å². The van der Waals surface area contributed by atoms with Crippen LogP contribution in [-0.2, 0) is 6.54 Å². The first kappa shape index (κ1) is 20.3. The van der Waals surface area contributed by atoms with E-state index >= 15 is 0 Å².